The zero-order valence-electron chi connectivity index (χ0n) is 12.4. The molecular weight excluding hydrogens is 250 g/mol. The van der Waals surface area contributed by atoms with E-state index in [0.717, 1.165) is 43.9 Å². The van der Waals surface area contributed by atoms with Gasteiger partial charge in [0.05, 0.1) is 11.2 Å². The lowest BCUT2D eigenvalue weighted by Gasteiger charge is -2.44. The fraction of sp³-hybridized carbons (Fsp3) is 0.625. The molecule has 1 spiro atoms. The number of aromatic nitrogens is 1. The molecule has 0 aromatic carbocycles. The molecule has 1 atom stereocenters. The van der Waals surface area contributed by atoms with Crippen molar-refractivity contribution in [2.45, 2.75) is 44.7 Å². The van der Waals surface area contributed by atoms with Crippen molar-refractivity contribution < 1.29 is 4.79 Å². The lowest BCUT2D eigenvalue weighted by Crippen LogP contribution is -2.54. The summed E-state index contributed by atoms with van der Waals surface area (Å²) in [4.78, 5) is 20.9. The topological polar surface area (TPSA) is 36.4 Å². The Labute approximate surface area is 120 Å². The van der Waals surface area contributed by atoms with E-state index in [4.69, 9.17) is 0 Å². The SMILES string of the molecule is Cc1cccc(CN2CCCC3(CCC(=O)N3C)C2)n1. The Balaban J connectivity index is 1.71. The number of piperidine rings is 1. The second-order valence-electron chi connectivity index (χ2n) is 6.26. The highest BCUT2D eigenvalue weighted by molar-refractivity contribution is 5.79. The van der Waals surface area contributed by atoms with Crippen molar-refractivity contribution in [2.75, 3.05) is 20.1 Å². The summed E-state index contributed by atoms with van der Waals surface area (Å²) in [5, 5.41) is 0. The van der Waals surface area contributed by atoms with Crippen molar-refractivity contribution in [3.63, 3.8) is 0 Å². The van der Waals surface area contributed by atoms with Crippen molar-refractivity contribution in [1.29, 1.82) is 0 Å². The zero-order valence-corrected chi connectivity index (χ0v) is 12.4. The second-order valence-corrected chi connectivity index (χ2v) is 6.26. The molecule has 1 unspecified atom stereocenters. The number of hydrogen-bond acceptors (Lipinski definition) is 3. The van der Waals surface area contributed by atoms with Crippen LogP contribution in [0.2, 0.25) is 0 Å². The molecule has 4 heteroatoms. The maximum absolute atomic E-state index is 11.9. The minimum atomic E-state index is 0.0825. The van der Waals surface area contributed by atoms with Crippen LogP contribution in [-0.2, 0) is 11.3 Å². The molecule has 4 nitrogen and oxygen atoms in total. The number of pyridine rings is 1. The van der Waals surface area contributed by atoms with E-state index >= 15 is 0 Å². The quantitative estimate of drug-likeness (QED) is 0.826. The summed E-state index contributed by atoms with van der Waals surface area (Å²) < 4.78 is 0. The Bertz CT molecular complexity index is 516. The molecule has 3 heterocycles. The summed E-state index contributed by atoms with van der Waals surface area (Å²) in [5.74, 6) is 0.306. The van der Waals surface area contributed by atoms with Gasteiger partial charge in [-0.25, -0.2) is 0 Å². The number of likely N-dealkylation sites (tertiary alicyclic amines) is 2. The Morgan fingerprint density at radius 3 is 2.90 bits per heavy atom. The van der Waals surface area contributed by atoms with Gasteiger partial charge in [-0.2, -0.15) is 0 Å². The van der Waals surface area contributed by atoms with E-state index < -0.39 is 0 Å². The van der Waals surface area contributed by atoms with Crippen LogP contribution in [0, 0.1) is 6.92 Å². The van der Waals surface area contributed by atoms with E-state index in [9.17, 15) is 4.79 Å². The first kappa shape index (κ1) is 13.6. The van der Waals surface area contributed by atoms with Crippen LogP contribution >= 0.6 is 0 Å². The fourth-order valence-electron chi connectivity index (χ4n) is 3.68. The maximum Gasteiger partial charge on any atom is 0.222 e. The minimum Gasteiger partial charge on any atom is -0.339 e. The number of nitrogens with zero attached hydrogens (tertiary/aromatic N) is 3. The standard InChI is InChI=1S/C16H23N3O/c1-13-5-3-6-14(17-13)11-19-10-4-8-16(12-19)9-7-15(20)18(16)2/h3,5-6H,4,7-12H2,1-2H3. The van der Waals surface area contributed by atoms with E-state index in [2.05, 4.69) is 22.0 Å². The van der Waals surface area contributed by atoms with Crippen LogP contribution in [0.1, 0.15) is 37.1 Å². The van der Waals surface area contributed by atoms with E-state index in [-0.39, 0.29) is 5.54 Å². The van der Waals surface area contributed by atoms with Crippen LogP contribution in [0.15, 0.2) is 18.2 Å². The summed E-state index contributed by atoms with van der Waals surface area (Å²) in [6.45, 7) is 5.03. The van der Waals surface area contributed by atoms with Crippen LogP contribution in [-0.4, -0.2) is 46.4 Å². The predicted octanol–water partition coefficient (Wildman–Crippen LogP) is 1.98. The average Bonchev–Trinajstić information content (AvgIpc) is 2.68. The molecule has 0 saturated carbocycles. The molecule has 2 aliphatic heterocycles. The van der Waals surface area contributed by atoms with Gasteiger partial charge in [-0.05, 0) is 44.9 Å². The van der Waals surface area contributed by atoms with Gasteiger partial charge in [0.15, 0.2) is 0 Å². The van der Waals surface area contributed by atoms with Gasteiger partial charge in [-0.15, -0.1) is 0 Å². The molecule has 0 radical (unpaired) electrons. The molecule has 2 aliphatic rings. The summed E-state index contributed by atoms with van der Waals surface area (Å²) in [5.41, 5.74) is 2.29. The number of amides is 1. The first-order valence-electron chi connectivity index (χ1n) is 7.51. The van der Waals surface area contributed by atoms with E-state index in [1.54, 1.807) is 0 Å². The number of rotatable bonds is 2. The van der Waals surface area contributed by atoms with Gasteiger partial charge in [0.25, 0.3) is 0 Å². The first-order chi connectivity index (χ1) is 9.59. The molecule has 0 aliphatic carbocycles. The summed E-state index contributed by atoms with van der Waals surface area (Å²) >= 11 is 0. The molecule has 3 rings (SSSR count). The fourth-order valence-corrected chi connectivity index (χ4v) is 3.68. The normalized spacial score (nSPS) is 27.5. The number of aryl methyl sites for hydroxylation is 1. The third-order valence-electron chi connectivity index (χ3n) is 4.86. The summed E-state index contributed by atoms with van der Waals surface area (Å²) in [6.07, 6.45) is 4.05. The number of carbonyl (C=O) groups excluding carboxylic acids is 1. The Hall–Kier alpha value is -1.42. The average molecular weight is 273 g/mol. The van der Waals surface area contributed by atoms with Crippen LogP contribution in [0.5, 0.6) is 0 Å². The minimum absolute atomic E-state index is 0.0825. The first-order valence-corrected chi connectivity index (χ1v) is 7.51. The molecular formula is C16H23N3O. The highest BCUT2D eigenvalue weighted by atomic mass is 16.2. The predicted molar refractivity (Wildman–Crippen MR) is 78.2 cm³/mol. The van der Waals surface area contributed by atoms with Crippen molar-refractivity contribution in [3.8, 4) is 0 Å². The largest absolute Gasteiger partial charge is 0.339 e. The molecule has 1 aromatic heterocycles. The number of hydrogen-bond donors (Lipinski definition) is 0. The van der Waals surface area contributed by atoms with Crippen molar-refractivity contribution in [3.05, 3.63) is 29.6 Å². The smallest absolute Gasteiger partial charge is 0.222 e. The van der Waals surface area contributed by atoms with Crippen LogP contribution < -0.4 is 0 Å². The van der Waals surface area contributed by atoms with Gasteiger partial charge in [0.1, 0.15) is 0 Å². The number of likely N-dealkylation sites (N-methyl/N-ethyl adjacent to an activating group) is 1. The molecule has 0 N–H and O–H groups in total. The molecule has 2 saturated heterocycles. The van der Waals surface area contributed by atoms with Crippen molar-refractivity contribution >= 4 is 5.91 Å². The Morgan fingerprint density at radius 1 is 1.35 bits per heavy atom. The van der Waals surface area contributed by atoms with Gasteiger partial charge in [-0.3, -0.25) is 14.7 Å². The van der Waals surface area contributed by atoms with Gasteiger partial charge >= 0.3 is 0 Å². The van der Waals surface area contributed by atoms with Gasteiger partial charge < -0.3 is 4.90 Å². The summed E-state index contributed by atoms with van der Waals surface area (Å²) in [6, 6.07) is 6.20. The molecule has 20 heavy (non-hydrogen) atoms. The maximum atomic E-state index is 11.9. The van der Waals surface area contributed by atoms with Crippen LogP contribution in [0.3, 0.4) is 0 Å². The zero-order chi connectivity index (χ0) is 14.2. The van der Waals surface area contributed by atoms with Crippen LogP contribution in [0.4, 0.5) is 0 Å². The van der Waals surface area contributed by atoms with Gasteiger partial charge in [-0.1, -0.05) is 6.07 Å². The van der Waals surface area contributed by atoms with Gasteiger partial charge in [0, 0.05) is 32.3 Å². The highest BCUT2D eigenvalue weighted by Gasteiger charge is 2.45. The summed E-state index contributed by atoms with van der Waals surface area (Å²) in [7, 11) is 1.98. The molecule has 1 aromatic rings. The van der Waals surface area contributed by atoms with Crippen molar-refractivity contribution in [1.82, 2.24) is 14.8 Å². The third-order valence-corrected chi connectivity index (χ3v) is 4.86. The molecule has 108 valence electrons. The number of carbonyl (C=O) groups is 1. The van der Waals surface area contributed by atoms with E-state index in [1.165, 1.54) is 6.42 Å². The lowest BCUT2D eigenvalue weighted by molar-refractivity contribution is -0.130. The van der Waals surface area contributed by atoms with E-state index in [0.29, 0.717) is 12.3 Å². The lowest BCUT2D eigenvalue weighted by atomic mass is 9.86. The van der Waals surface area contributed by atoms with Crippen molar-refractivity contribution in [2.24, 2.45) is 0 Å². The Kier molecular flexibility index (Phi) is 3.50. The monoisotopic (exact) mass is 273 g/mol. The third kappa shape index (κ3) is 2.44. The molecule has 2 fully saturated rings. The molecule has 0 bridgehead atoms. The highest BCUT2D eigenvalue weighted by Crippen LogP contribution is 2.36. The molecule has 1 amide bonds. The second kappa shape index (κ2) is 5.17. The Morgan fingerprint density at radius 2 is 2.20 bits per heavy atom. The van der Waals surface area contributed by atoms with E-state index in [1.807, 2.05) is 24.9 Å². The van der Waals surface area contributed by atoms with Gasteiger partial charge in [0.2, 0.25) is 5.91 Å². The van der Waals surface area contributed by atoms with Crippen LogP contribution in [0.25, 0.3) is 0 Å².